The Kier molecular flexibility index (Phi) is 3.19. The molecule has 3 nitrogen and oxygen atoms in total. The molecule has 0 unspecified atom stereocenters. The van der Waals surface area contributed by atoms with Crippen LogP contribution >= 0.6 is 15.9 Å². The average Bonchev–Trinajstić information content (AvgIpc) is 2.56. The first-order chi connectivity index (χ1) is 7.63. The monoisotopic (exact) mass is 282 g/mol. The molecule has 1 aliphatic rings. The van der Waals surface area contributed by atoms with Crippen molar-refractivity contribution in [3.05, 3.63) is 28.7 Å². The van der Waals surface area contributed by atoms with E-state index in [4.69, 9.17) is 0 Å². The van der Waals surface area contributed by atoms with E-state index < -0.39 is 0 Å². The Morgan fingerprint density at radius 1 is 1.38 bits per heavy atom. The largest absolute Gasteiger partial charge is 0.324 e. The number of halogens is 1. The highest BCUT2D eigenvalue weighted by atomic mass is 79.9. The van der Waals surface area contributed by atoms with Crippen molar-refractivity contribution in [2.75, 3.05) is 18.0 Å². The SMILES string of the molecule is CCN1C[C@@H](C)N(c2ccc(Br)cc2)C1=O. The number of benzene rings is 1. The lowest BCUT2D eigenvalue weighted by atomic mass is 10.2. The smallest absolute Gasteiger partial charge is 0.323 e. The van der Waals surface area contributed by atoms with Crippen LogP contribution in [0.5, 0.6) is 0 Å². The Balaban J connectivity index is 2.27. The Labute approximate surface area is 104 Å². The molecular weight excluding hydrogens is 268 g/mol. The molecule has 0 saturated carbocycles. The molecule has 0 aliphatic carbocycles. The number of anilines is 1. The Morgan fingerprint density at radius 2 is 2.00 bits per heavy atom. The minimum atomic E-state index is 0.109. The van der Waals surface area contributed by atoms with Crippen molar-refractivity contribution in [1.29, 1.82) is 0 Å². The second-order valence-electron chi connectivity index (χ2n) is 4.02. The molecule has 86 valence electrons. The molecule has 1 aromatic rings. The maximum Gasteiger partial charge on any atom is 0.324 e. The molecule has 1 aromatic carbocycles. The van der Waals surface area contributed by atoms with Gasteiger partial charge in [0.25, 0.3) is 0 Å². The van der Waals surface area contributed by atoms with Crippen LogP contribution in [-0.4, -0.2) is 30.1 Å². The predicted molar refractivity (Wildman–Crippen MR) is 68.7 cm³/mol. The number of urea groups is 1. The van der Waals surface area contributed by atoms with Crippen LogP contribution in [0.4, 0.5) is 10.5 Å². The molecule has 0 bridgehead atoms. The van der Waals surface area contributed by atoms with Gasteiger partial charge in [0.05, 0.1) is 6.04 Å². The van der Waals surface area contributed by atoms with Crippen LogP contribution in [0.1, 0.15) is 13.8 Å². The van der Waals surface area contributed by atoms with Gasteiger partial charge in [-0.2, -0.15) is 0 Å². The predicted octanol–water partition coefficient (Wildman–Crippen LogP) is 3.10. The molecule has 16 heavy (non-hydrogen) atoms. The third-order valence-electron chi connectivity index (χ3n) is 2.89. The summed E-state index contributed by atoms with van der Waals surface area (Å²) in [5.41, 5.74) is 0.969. The van der Waals surface area contributed by atoms with Crippen molar-refractivity contribution in [2.45, 2.75) is 19.9 Å². The molecule has 0 radical (unpaired) electrons. The zero-order valence-electron chi connectivity index (χ0n) is 9.48. The van der Waals surface area contributed by atoms with E-state index in [0.717, 1.165) is 23.2 Å². The van der Waals surface area contributed by atoms with E-state index in [9.17, 15) is 4.79 Å². The summed E-state index contributed by atoms with van der Waals surface area (Å²) in [6.45, 7) is 5.67. The van der Waals surface area contributed by atoms with E-state index >= 15 is 0 Å². The first-order valence-corrected chi connectivity index (χ1v) is 6.26. The summed E-state index contributed by atoms with van der Waals surface area (Å²) in [5, 5.41) is 0. The van der Waals surface area contributed by atoms with Crippen molar-refractivity contribution in [3.8, 4) is 0 Å². The maximum absolute atomic E-state index is 12.1. The molecule has 1 saturated heterocycles. The topological polar surface area (TPSA) is 23.6 Å². The second-order valence-corrected chi connectivity index (χ2v) is 4.93. The van der Waals surface area contributed by atoms with Crippen molar-refractivity contribution in [1.82, 2.24) is 4.90 Å². The van der Waals surface area contributed by atoms with Gasteiger partial charge in [0, 0.05) is 23.2 Å². The fourth-order valence-corrected chi connectivity index (χ4v) is 2.31. The third-order valence-corrected chi connectivity index (χ3v) is 3.42. The Bertz CT molecular complexity index is 391. The average molecular weight is 283 g/mol. The molecule has 1 aliphatic heterocycles. The lowest BCUT2D eigenvalue weighted by molar-refractivity contribution is 0.223. The van der Waals surface area contributed by atoms with Gasteiger partial charge in [0.2, 0.25) is 0 Å². The highest BCUT2D eigenvalue weighted by molar-refractivity contribution is 9.10. The molecule has 1 fully saturated rings. The zero-order valence-corrected chi connectivity index (χ0v) is 11.1. The normalized spacial score (nSPS) is 20.7. The quantitative estimate of drug-likeness (QED) is 0.818. The highest BCUT2D eigenvalue weighted by Crippen LogP contribution is 2.25. The molecule has 0 N–H and O–H groups in total. The summed E-state index contributed by atoms with van der Waals surface area (Å²) >= 11 is 3.40. The third kappa shape index (κ3) is 1.94. The fourth-order valence-electron chi connectivity index (χ4n) is 2.05. The molecular formula is C12H15BrN2O. The summed E-state index contributed by atoms with van der Waals surface area (Å²) in [6, 6.07) is 8.22. The summed E-state index contributed by atoms with van der Waals surface area (Å²) < 4.78 is 1.03. The number of hydrogen-bond donors (Lipinski definition) is 0. The van der Waals surface area contributed by atoms with Crippen molar-refractivity contribution in [3.63, 3.8) is 0 Å². The summed E-state index contributed by atoms with van der Waals surface area (Å²) in [5.74, 6) is 0. The molecule has 4 heteroatoms. The number of carbonyl (C=O) groups is 1. The van der Waals surface area contributed by atoms with Crippen LogP contribution in [-0.2, 0) is 0 Å². The Hall–Kier alpha value is -1.03. The number of likely N-dealkylation sites (N-methyl/N-ethyl adjacent to an activating group) is 1. The zero-order chi connectivity index (χ0) is 11.7. The second kappa shape index (κ2) is 4.45. The van der Waals surface area contributed by atoms with Crippen LogP contribution < -0.4 is 4.90 Å². The highest BCUT2D eigenvalue weighted by Gasteiger charge is 2.34. The molecule has 2 rings (SSSR count). The molecule has 0 aromatic heterocycles. The number of hydrogen-bond acceptors (Lipinski definition) is 1. The van der Waals surface area contributed by atoms with Gasteiger partial charge in [-0.15, -0.1) is 0 Å². The number of rotatable bonds is 2. The van der Waals surface area contributed by atoms with Crippen LogP contribution in [0.25, 0.3) is 0 Å². The van der Waals surface area contributed by atoms with E-state index in [-0.39, 0.29) is 12.1 Å². The minimum Gasteiger partial charge on any atom is -0.323 e. The van der Waals surface area contributed by atoms with E-state index in [1.54, 1.807) is 0 Å². The number of carbonyl (C=O) groups excluding carboxylic acids is 1. The first kappa shape index (κ1) is 11.5. The summed E-state index contributed by atoms with van der Waals surface area (Å²) in [7, 11) is 0. The van der Waals surface area contributed by atoms with E-state index in [1.807, 2.05) is 41.0 Å². The van der Waals surface area contributed by atoms with E-state index in [2.05, 4.69) is 22.9 Å². The van der Waals surface area contributed by atoms with Crippen LogP contribution in [0.15, 0.2) is 28.7 Å². The van der Waals surface area contributed by atoms with Gasteiger partial charge < -0.3 is 4.90 Å². The van der Waals surface area contributed by atoms with Gasteiger partial charge in [-0.05, 0) is 38.1 Å². The first-order valence-electron chi connectivity index (χ1n) is 5.47. The van der Waals surface area contributed by atoms with Gasteiger partial charge in [0.1, 0.15) is 0 Å². The van der Waals surface area contributed by atoms with Crippen molar-refractivity contribution in [2.24, 2.45) is 0 Å². The molecule has 1 atom stereocenters. The number of amides is 2. The van der Waals surface area contributed by atoms with Crippen molar-refractivity contribution >= 4 is 27.6 Å². The molecule has 0 spiro atoms. The van der Waals surface area contributed by atoms with E-state index in [0.29, 0.717) is 0 Å². The molecule has 2 amide bonds. The van der Waals surface area contributed by atoms with E-state index in [1.165, 1.54) is 0 Å². The van der Waals surface area contributed by atoms with Crippen molar-refractivity contribution < 1.29 is 4.79 Å². The standard InChI is InChI=1S/C12H15BrN2O/c1-3-14-8-9(2)15(12(14)16)11-6-4-10(13)5-7-11/h4-7,9H,3,8H2,1-2H3/t9-/m1/s1. The van der Waals surface area contributed by atoms with Crippen LogP contribution in [0.2, 0.25) is 0 Å². The summed E-state index contributed by atoms with van der Waals surface area (Å²) in [6.07, 6.45) is 0. The van der Waals surface area contributed by atoms with Gasteiger partial charge >= 0.3 is 6.03 Å². The van der Waals surface area contributed by atoms with Crippen LogP contribution in [0.3, 0.4) is 0 Å². The molecule has 1 heterocycles. The van der Waals surface area contributed by atoms with Gasteiger partial charge in [-0.1, -0.05) is 15.9 Å². The van der Waals surface area contributed by atoms with Gasteiger partial charge in [-0.3, -0.25) is 4.90 Å². The number of nitrogens with zero attached hydrogens (tertiary/aromatic N) is 2. The summed E-state index contributed by atoms with van der Waals surface area (Å²) in [4.78, 5) is 15.8. The fraction of sp³-hybridized carbons (Fsp3) is 0.417. The minimum absolute atomic E-state index is 0.109. The van der Waals surface area contributed by atoms with Gasteiger partial charge in [-0.25, -0.2) is 4.79 Å². The Morgan fingerprint density at radius 3 is 2.50 bits per heavy atom. The maximum atomic E-state index is 12.1. The lowest BCUT2D eigenvalue weighted by Crippen LogP contribution is -2.33. The van der Waals surface area contributed by atoms with Gasteiger partial charge in [0.15, 0.2) is 0 Å². The lowest BCUT2D eigenvalue weighted by Gasteiger charge is -2.20. The van der Waals surface area contributed by atoms with Crippen LogP contribution in [0, 0.1) is 0 Å².